The normalized spacial score (nSPS) is 13.8. The third-order valence-corrected chi connectivity index (χ3v) is 4.73. The lowest BCUT2D eigenvalue weighted by molar-refractivity contribution is 0.952. The molecule has 4 aromatic heterocycles. The van der Waals surface area contributed by atoms with E-state index in [1.54, 1.807) is 6.20 Å². The fourth-order valence-electron chi connectivity index (χ4n) is 3.18. The number of hydrogen-bond donors (Lipinski definition) is 4. The quantitative estimate of drug-likeness (QED) is 0.403. The first kappa shape index (κ1) is 15.8. The van der Waals surface area contributed by atoms with Gasteiger partial charge in [-0.05, 0) is 31.0 Å². The highest BCUT2D eigenvalue weighted by atomic mass is 15.2. The molecule has 27 heavy (non-hydrogen) atoms. The van der Waals surface area contributed by atoms with Crippen LogP contribution in [0.25, 0.3) is 10.9 Å². The zero-order valence-corrected chi connectivity index (χ0v) is 14.7. The molecule has 1 fully saturated rings. The monoisotopic (exact) mass is 360 g/mol. The molecule has 4 heterocycles. The Morgan fingerprint density at radius 3 is 2.93 bits per heavy atom. The minimum Gasteiger partial charge on any atom is -0.361 e. The van der Waals surface area contributed by atoms with E-state index in [1.165, 1.54) is 18.5 Å². The van der Waals surface area contributed by atoms with Crippen molar-refractivity contribution in [2.24, 2.45) is 0 Å². The SMILES string of the molecule is c1cc(Nc2cc(C3CC3)[nH]n2)nc(NCCc2nccc3[nH]ccc23)n1. The predicted octanol–water partition coefficient (Wildman–Crippen LogP) is 3.35. The van der Waals surface area contributed by atoms with Crippen LogP contribution in [0.5, 0.6) is 0 Å². The summed E-state index contributed by atoms with van der Waals surface area (Å²) >= 11 is 0. The molecule has 8 heteroatoms. The van der Waals surface area contributed by atoms with Crippen LogP contribution in [0.2, 0.25) is 0 Å². The predicted molar refractivity (Wildman–Crippen MR) is 104 cm³/mol. The maximum atomic E-state index is 4.51. The topological polar surface area (TPSA) is 107 Å². The molecule has 5 rings (SSSR count). The Hall–Kier alpha value is -3.42. The van der Waals surface area contributed by atoms with Gasteiger partial charge in [0.15, 0.2) is 5.82 Å². The van der Waals surface area contributed by atoms with Crippen molar-refractivity contribution in [3.63, 3.8) is 0 Å². The Labute approximate surface area is 155 Å². The molecular weight excluding hydrogens is 340 g/mol. The molecule has 0 saturated heterocycles. The molecule has 0 aromatic carbocycles. The highest BCUT2D eigenvalue weighted by molar-refractivity contribution is 5.81. The summed E-state index contributed by atoms with van der Waals surface area (Å²) in [5.41, 5.74) is 3.35. The number of nitrogens with zero attached hydrogens (tertiary/aromatic N) is 4. The number of nitrogens with one attached hydrogen (secondary N) is 4. The summed E-state index contributed by atoms with van der Waals surface area (Å²) in [6.45, 7) is 0.703. The van der Waals surface area contributed by atoms with E-state index in [2.05, 4.69) is 52.9 Å². The molecule has 4 aromatic rings. The van der Waals surface area contributed by atoms with Crippen LogP contribution in [0, 0.1) is 0 Å². The first-order valence-corrected chi connectivity index (χ1v) is 9.15. The molecule has 4 N–H and O–H groups in total. The molecule has 0 bridgehead atoms. The van der Waals surface area contributed by atoms with Gasteiger partial charge in [-0.1, -0.05) is 0 Å². The summed E-state index contributed by atoms with van der Waals surface area (Å²) in [7, 11) is 0. The fourth-order valence-corrected chi connectivity index (χ4v) is 3.18. The van der Waals surface area contributed by atoms with Crippen LogP contribution in [0.3, 0.4) is 0 Å². The van der Waals surface area contributed by atoms with Gasteiger partial charge in [0.25, 0.3) is 0 Å². The second-order valence-corrected chi connectivity index (χ2v) is 6.75. The van der Waals surface area contributed by atoms with E-state index < -0.39 is 0 Å². The molecule has 8 nitrogen and oxygen atoms in total. The Morgan fingerprint density at radius 1 is 1.07 bits per heavy atom. The number of pyridine rings is 1. The van der Waals surface area contributed by atoms with E-state index in [1.807, 2.05) is 24.5 Å². The lowest BCUT2D eigenvalue weighted by atomic mass is 10.2. The molecule has 0 aliphatic heterocycles. The third-order valence-electron chi connectivity index (χ3n) is 4.73. The van der Waals surface area contributed by atoms with Crippen molar-refractivity contribution in [1.82, 2.24) is 30.1 Å². The van der Waals surface area contributed by atoms with E-state index in [0.29, 0.717) is 24.2 Å². The van der Waals surface area contributed by atoms with Gasteiger partial charge in [0, 0.05) is 60.1 Å². The second-order valence-electron chi connectivity index (χ2n) is 6.75. The number of aromatic amines is 2. The molecule has 0 unspecified atom stereocenters. The summed E-state index contributed by atoms with van der Waals surface area (Å²) in [6.07, 6.45) is 8.78. The molecular formula is C19H20N8. The minimum atomic E-state index is 0.583. The van der Waals surface area contributed by atoms with Crippen LogP contribution >= 0.6 is 0 Å². The zero-order valence-electron chi connectivity index (χ0n) is 14.7. The van der Waals surface area contributed by atoms with Gasteiger partial charge in [-0.3, -0.25) is 10.1 Å². The van der Waals surface area contributed by atoms with Gasteiger partial charge in [0.2, 0.25) is 5.95 Å². The first-order valence-electron chi connectivity index (χ1n) is 9.15. The number of rotatable bonds is 7. The van der Waals surface area contributed by atoms with E-state index >= 15 is 0 Å². The summed E-state index contributed by atoms with van der Waals surface area (Å²) in [4.78, 5) is 16.5. The Morgan fingerprint density at radius 2 is 2.00 bits per heavy atom. The van der Waals surface area contributed by atoms with Gasteiger partial charge >= 0.3 is 0 Å². The molecule has 1 aliphatic carbocycles. The average Bonchev–Trinajstić information content (AvgIpc) is 3.23. The Kier molecular flexibility index (Phi) is 3.93. The summed E-state index contributed by atoms with van der Waals surface area (Å²) in [6, 6.07) is 7.92. The summed E-state index contributed by atoms with van der Waals surface area (Å²) < 4.78 is 0. The molecule has 0 amide bonds. The number of hydrogen-bond acceptors (Lipinski definition) is 6. The van der Waals surface area contributed by atoms with Gasteiger partial charge in [0.05, 0.1) is 5.69 Å². The number of fused-ring (bicyclic) bond motifs is 1. The fraction of sp³-hybridized carbons (Fsp3) is 0.263. The van der Waals surface area contributed by atoms with Gasteiger partial charge in [-0.2, -0.15) is 10.1 Å². The maximum absolute atomic E-state index is 4.51. The smallest absolute Gasteiger partial charge is 0.224 e. The van der Waals surface area contributed by atoms with Crippen molar-refractivity contribution in [1.29, 1.82) is 0 Å². The van der Waals surface area contributed by atoms with Crippen LogP contribution in [0.1, 0.15) is 30.1 Å². The van der Waals surface area contributed by atoms with Crippen LogP contribution in [-0.2, 0) is 6.42 Å². The molecule has 136 valence electrons. The standard InChI is InChI=1S/C19H20N8/c1-2-12(1)16-11-18(27-26-16)24-17-6-10-23-19(25-17)22-9-5-15-13-3-7-20-14(13)4-8-21-15/h3-4,6-8,10-12,20H,1-2,5,9H2,(H3,22,23,24,25,26,27). The number of H-pyrrole nitrogens is 2. The van der Waals surface area contributed by atoms with E-state index in [4.69, 9.17) is 0 Å². The van der Waals surface area contributed by atoms with Gasteiger partial charge in [0.1, 0.15) is 5.82 Å². The Bertz CT molecular complexity index is 1060. The van der Waals surface area contributed by atoms with Crippen molar-refractivity contribution in [2.45, 2.75) is 25.2 Å². The summed E-state index contributed by atoms with van der Waals surface area (Å²) in [5, 5.41) is 15.0. The van der Waals surface area contributed by atoms with Gasteiger partial charge < -0.3 is 15.6 Å². The van der Waals surface area contributed by atoms with Crippen molar-refractivity contribution in [3.05, 3.63) is 54.2 Å². The van der Waals surface area contributed by atoms with E-state index in [-0.39, 0.29) is 0 Å². The van der Waals surface area contributed by atoms with Crippen molar-refractivity contribution >= 4 is 28.5 Å². The van der Waals surface area contributed by atoms with Crippen LogP contribution in [0.15, 0.2) is 42.9 Å². The number of aromatic nitrogens is 6. The molecule has 1 saturated carbocycles. The molecule has 0 atom stereocenters. The van der Waals surface area contributed by atoms with Crippen LogP contribution < -0.4 is 10.6 Å². The largest absolute Gasteiger partial charge is 0.361 e. The van der Waals surface area contributed by atoms with E-state index in [9.17, 15) is 0 Å². The highest BCUT2D eigenvalue weighted by Crippen LogP contribution is 2.39. The summed E-state index contributed by atoms with van der Waals surface area (Å²) in [5.74, 6) is 2.73. The van der Waals surface area contributed by atoms with Crippen LogP contribution in [0.4, 0.5) is 17.6 Å². The Balaban J connectivity index is 1.22. The highest BCUT2D eigenvalue weighted by Gasteiger charge is 2.25. The van der Waals surface area contributed by atoms with Crippen molar-refractivity contribution in [2.75, 3.05) is 17.2 Å². The average molecular weight is 360 g/mol. The third kappa shape index (κ3) is 3.46. The van der Waals surface area contributed by atoms with Gasteiger partial charge in [-0.15, -0.1) is 0 Å². The molecule has 0 radical (unpaired) electrons. The van der Waals surface area contributed by atoms with Crippen molar-refractivity contribution in [3.8, 4) is 0 Å². The van der Waals surface area contributed by atoms with E-state index in [0.717, 1.165) is 28.8 Å². The van der Waals surface area contributed by atoms with Gasteiger partial charge in [-0.25, -0.2) is 4.98 Å². The number of anilines is 3. The second kappa shape index (κ2) is 6.71. The molecule has 0 spiro atoms. The van der Waals surface area contributed by atoms with Crippen LogP contribution in [-0.4, -0.2) is 36.7 Å². The first-order chi connectivity index (χ1) is 13.3. The lowest BCUT2D eigenvalue weighted by Crippen LogP contribution is -2.09. The molecule has 1 aliphatic rings. The maximum Gasteiger partial charge on any atom is 0.224 e. The zero-order chi connectivity index (χ0) is 18.1. The van der Waals surface area contributed by atoms with Crippen molar-refractivity contribution < 1.29 is 0 Å². The minimum absolute atomic E-state index is 0.583. The lowest BCUT2D eigenvalue weighted by Gasteiger charge is -2.07.